The second-order valence-electron chi connectivity index (χ2n) is 5.10. The van der Waals surface area contributed by atoms with Gasteiger partial charge in [-0.3, -0.25) is 9.89 Å². The predicted molar refractivity (Wildman–Crippen MR) is 84.6 cm³/mol. The maximum absolute atomic E-state index is 13.3. The van der Waals surface area contributed by atoms with Gasteiger partial charge in [-0.1, -0.05) is 11.8 Å². The molecule has 8 heteroatoms. The van der Waals surface area contributed by atoms with Crippen LogP contribution >= 0.6 is 11.8 Å². The average Bonchev–Trinajstić information content (AvgIpc) is 3.14. The lowest BCUT2D eigenvalue weighted by Gasteiger charge is -2.12. The van der Waals surface area contributed by atoms with E-state index >= 15 is 0 Å². The third-order valence-corrected chi connectivity index (χ3v) is 4.32. The zero-order chi connectivity index (χ0) is 16.4. The molecule has 23 heavy (non-hydrogen) atoms. The fraction of sp³-hybridized carbons (Fsp3) is 0.267. The number of aromatic nitrogens is 3. The van der Waals surface area contributed by atoms with E-state index in [9.17, 15) is 9.18 Å². The standard InChI is InChI=1S/C15H15FN4O2S/c1-8-11-5-10(16)3-4-12(11)22-14(8)9(2)19-13(21)6-23-15-17-7-18-20-15/h3-5,7,9H,6H2,1-2H3,(H,19,21)(H,17,18,20). The highest BCUT2D eigenvalue weighted by Gasteiger charge is 2.19. The van der Waals surface area contributed by atoms with E-state index < -0.39 is 0 Å². The monoisotopic (exact) mass is 334 g/mol. The van der Waals surface area contributed by atoms with E-state index in [1.807, 2.05) is 13.8 Å². The van der Waals surface area contributed by atoms with Gasteiger partial charge in [0.15, 0.2) is 5.16 Å². The highest BCUT2D eigenvalue weighted by atomic mass is 32.2. The first-order valence-electron chi connectivity index (χ1n) is 7.00. The number of thioether (sulfide) groups is 1. The highest BCUT2D eigenvalue weighted by Crippen LogP contribution is 2.30. The van der Waals surface area contributed by atoms with Gasteiger partial charge in [-0.25, -0.2) is 9.37 Å². The van der Waals surface area contributed by atoms with E-state index in [-0.39, 0.29) is 23.5 Å². The number of fused-ring (bicyclic) bond motifs is 1. The molecule has 1 aromatic carbocycles. The minimum absolute atomic E-state index is 0.148. The Kier molecular flexibility index (Phi) is 4.33. The van der Waals surface area contributed by atoms with Crippen molar-refractivity contribution in [3.05, 3.63) is 41.7 Å². The number of benzene rings is 1. The van der Waals surface area contributed by atoms with Gasteiger partial charge in [0.05, 0.1) is 11.8 Å². The molecule has 6 nitrogen and oxygen atoms in total. The summed E-state index contributed by atoms with van der Waals surface area (Å²) in [7, 11) is 0. The molecule has 2 aromatic heterocycles. The third-order valence-electron chi connectivity index (χ3n) is 3.44. The molecule has 1 unspecified atom stereocenters. The number of hydrogen-bond acceptors (Lipinski definition) is 5. The van der Waals surface area contributed by atoms with Crippen LogP contribution in [0, 0.1) is 12.7 Å². The topological polar surface area (TPSA) is 83.8 Å². The highest BCUT2D eigenvalue weighted by molar-refractivity contribution is 7.99. The van der Waals surface area contributed by atoms with Crippen molar-refractivity contribution in [3.63, 3.8) is 0 Å². The fourth-order valence-electron chi connectivity index (χ4n) is 2.37. The molecule has 1 amide bonds. The lowest BCUT2D eigenvalue weighted by atomic mass is 10.1. The molecule has 0 saturated heterocycles. The van der Waals surface area contributed by atoms with Crippen LogP contribution in [0.15, 0.2) is 34.1 Å². The first kappa shape index (κ1) is 15.5. The van der Waals surface area contributed by atoms with Gasteiger partial charge < -0.3 is 9.73 Å². The van der Waals surface area contributed by atoms with Crippen LogP contribution in [0.5, 0.6) is 0 Å². The van der Waals surface area contributed by atoms with Gasteiger partial charge in [0, 0.05) is 10.9 Å². The lowest BCUT2D eigenvalue weighted by molar-refractivity contribution is -0.119. The molecule has 0 radical (unpaired) electrons. The van der Waals surface area contributed by atoms with Crippen LogP contribution in [-0.4, -0.2) is 26.8 Å². The predicted octanol–water partition coefficient (Wildman–Crippen LogP) is 2.97. The quantitative estimate of drug-likeness (QED) is 0.701. The van der Waals surface area contributed by atoms with Crippen LogP contribution in [0.4, 0.5) is 4.39 Å². The zero-order valence-electron chi connectivity index (χ0n) is 12.6. The number of carbonyl (C=O) groups is 1. The molecule has 0 saturated carbocycles. The van der Waals surface area contributed by atoms with Crippen LogP contribution in [0.3, 0.4) is 0 Å². The summed E-state index contributed by atoms with van der Waals surface area (Å²) in [6, 6.07) is 4.07. The zero-order valence-corrected chi connectivity index (χ0v) is 13.4. The van der Waals surface area contributed by atoms with Gasteiger partial charge in [-0.2, -0.15) is 5.10 Å². The van der Waals surface area contributed by atoms with Crippen molar-refractivity contribution in [2.75, 3.05) is 5.75 Å². The molecule has 0 aliphatic carbocycles. The SMILES string of the molecule is Cc1c(C(C)NC(=O)CSc2ncn[nH]2)oc2ccc(F)cc12. The van der Waals surface area contributed by atoms with Crippen molar-refractivity contribution < 1.29 is 13.6 Å². The first-order valence-corrected chi connectivity index (χ1v) is 7.99. The molecule has 3 rings (SSSR count). The Hall–Kier alpha value is -2.35. The van der Waals surface area contributed by atoms with Crippen molar-refractivity contribution in [1.82, 2.24) is 20.5 Å². The maximum Gasteiger partial charge on any atom is 0.231 e. The fourth-order valence-corrected chi connectivity index (χ4v) is 2.96. The Morgan fingerprint density at radius 2 is 2.35 bits per heavy atom. The normalized spacial score (nSPS) is 12.5. The van der Waals surface area contributed by atoms with Crippen molar-refractivity contribution in [2.24, 2.45) is 0 Å². The Morgan fingerprint density at radius 1 is 1.52 bits per heavy atom. The number of halogens is 1. The van der Waals surface area contributed by atoms with Gasteiger partial charge in [0.1, 0.15) is 23.5 Å². The lowest BCUT2D eigenvalue weighted by Crippen LogP contribution is -2.28. The molecule has 0 spiro atoms. The second-order valence-corrected chi connectivity index (χ2v) is 6.06. The molecule has 3 aromatic rings. The number of rotatable bonds is 5. The van der Waals surface area contributed by atoms with Crippen LogP contribution in [0.25, 0.3) is 11.0 Å². The van der Waals surface area contributed by atoms with E-state index in [2.05, 4.69) is 20.5 Å². The summed E-state index contributed by atoms with van der Waals surface area (Å²) in [6.45, 7) is 3.69. The van der Waals surface area contributed by atoms with Gasteiger partial charge in [0.2, 0.25) is 5.91 Å². The van der Waals surface area contributed by atoms with Crippen molar-refractivity contribution in [3.8, 4) is 0 Å². The molecule has 0 fully saturated rings. The minimum atomic E-state index is -0.312. The summed E-state index contributed by atoms with van der Waals surface area (Å²) in [5.74, 6) is 0.384. The summed E-state index contributed by atoms with van der Waals surface area (Å²) in [5.41, 5.74) is 1.44. The number of furan rings is 1. The number of nitrogens with one attached hydrogen (secondary N) is 2. The van der Waals surface area contributed by atoms with Crippen LogP contribution in [0.1, 0.15) is 24.3 Å². The number of H-pyrrole nitrogens is 1. The van der Waals surface area contributed by atoms with Gasteiger partial charge in [-0.05, 0) is 32.0 Å². The van der Waals surface area contributed by atoms with Crippen molar-refractivity contribution in [1.29, 1.82) is 0 Å². The Balaban J connectivity index is 1.69. The third kappa shape index (κ3) is 3.37. The molecule has 0 bridgehead atoms. The van der Waals surface area contributed by atoms with Crippen molar-refractivity contribution >= 4 is 28.6 Å². The second kappa shape index (κ2) is 6.41. The molecule has 0 aliphatic heterocycles. The number of amides is 1. The summed E-state index contributed by atoms with van der Waals surface area (Å²) in [5, 5.41) is 10.6. The molecule has 0 aliphatic rings. The van der Waals surface area contributed by atoms with E-state index in [4.69, 9.17) is 4.42 Å². The Morgan fingerprint density at radius 3 is 3.09 bits per heavy atom. The number of hydrogen-bond donors (Lipinski definition) is 2. The van der Waals surface area contributed by atoms with Gasteiger partial charge in [0.25, 0.3) is 0 Å². The number of carbonyl (C=O) groups excluding carboxylic acids is 1. The largest absolute Gasteiger partial charge is 0.459 e. The van der Waals surface area contributed by atoms with E-state index in [1.165, 1.54) is 30.2 Å². The van der Waals surface area contributed by atoms with Crippen LogP contribution < -0.4 is 5.32 Å². The number of aryl methyl sites for hydroxylation is 1. The number of nitrogens with zero attached hydrogens (tertiary/aromatic N) is 2. The Bertz CT molecular complexity index is 831. The smallest absolute Gasteiger partial charge is 0.231 e. The van der Waals surface area contributed by atoms with E-state index in [0.717, 1.165) is 10.9 Å². The average molecular weight is 334 g/mol. The molecular weight excluding hydrogens is 319 g/mol. The summed E-state index contributed by atoms with van der Waals surface area (Å²) < 4.78 is 19.1. The van der Waals surface area contributed by atoms with Crippen molar-refractivity contribution in [2.45, 2.75) is 25.0 Å². The number of aromatic amines is 1. The minimum Gasteiger partial charge on any atom is -0.459 e. The van der Waals surface area contributed by atoms with Crippen LogP contribution in [0.2, 0.25) is 0 Å². The van der Waals surface area contributed by atoms with Gasteiger partial charge in [-0.15, -0.1) is 0 Å². The Labute approximate surface area is 135 Å². The van der Waals surface area contributed by atoms with Gasteiger partial charge >= 0.3 is 0 Å². The molecule has 2 heterocycles. The molecule has 1 atom stereocenters. The molecule has 120 valence electrons. The van der Waals surface area contributed by atoms with E-state index in [0.29, 0.717) is 16.5 Å². The summed E-state index contributed by atoms with van der Waals surface area (Å²) >= 11 is 1.26. The molecular formula is C15H15FN4O2S. The first-order chi connectivity index (χ1) is 11.0. The summed E-state index contributed by atoms with van der Waals surface area (Å²) in [6.07, 6.45) is 1.39. The summed E-state index contributed by atoms with van der Waals surface area (Å²) in [4.78, 5) is 15.9. The molecule has 2 N–H and O–H groups in total. The maximum atomic E-state index is 13.3. The van der Waals surface area contributed by atoms with E-state index in [1.54, 1.807) is 6.07 Å². The van der Waals surface area contributed by atoms with Crippen LogP contribution in [-0.2, 0) is 4.79 Å².